The number of hydrogen-bond donors (Lipinski definition) is 2. The molecule has 0 fully saturated rings. The highest BCUT2D eigenvalue weighted by Gasteiger charge is 2.12. The average Bonchev–Trinajstić information content (AvgIpc) is 3.47. The lowest BCUT2D eigenvalue weighted by Gasteiger charge is -2.07. The van der Waals surface area contributed by atoms with Crippen LogP contribution in [0.3, 0.4) is 0 Å². The van der Waals surface area contributed by atoms with Crippen LogP contribution in [0.4, 0.5) is 0 Å². The lowest BCUT2D eigenvalue weighted by Crippen LogP contribution is -2.14. The van der Waals surface area contributed by atoms with Crippen LogP contribution in [-0.4, -0.2) is 38.3 Å². The van der Waals surface area contributed by atoms with Crippen molar-refractivity contribution in [2.75, 3.05) is 13.6 Å². The van der Waals surface area contributed by atoms with E-state index in [-0.39, 0.29) is 0 Å². The lowest BCUT2D eigenvalue weighted by atomic mass is 10.0. The van der Waals surface area contributed by atoms with Gasteiger partial charge in [-0.2, -0.15) is 5.10 Å². The Labute approximate surface area is 184 Å². The molecule has 0 spiro atoms. The maximum Gasteiger partial charge on any atom is 0.0961 e. The van der Waals surface area contributed by atoms with E-state index in [2.05, 4.69) is 49.8 Å². The van der Waals surface area contributed by atoms with E-state index >= 15 is 0 Å². The molecule has 0 aliphatic carbocycles. The van der Waals surface area contributed by atoms with Gasteiger partial charge in [-0.05, 0) is 37.4 Å². The Kier molecular flexibility index (Phi) is 5.24. The Hall–Kier alpha value is -3.48. The minimum absolute atomic E-state index is 0.689. The second-order valence-electron chi connectivity index (χ2n) is 7.36. The van der Waals surface area contributed by atoms with Gasteiger partial charge in [-0.1, -0.05) is 29.8 Å². The highest BCUT2D eigenvalue weighted by atomic mass is 35.5. The summed E-state index contributed by atoms with van der Waals surface area (Å²) in [7, 11) is 1.94. The van der Waals surface area contributed by atoms with Crippen molar-refractivity contribution >= 4 is 22.5 Å². The molecule has 0 saturated heterocycles. The van der Waals surface area contributed by atoms with Crippen LogP contribution in [0.15, 0.2) is 73.4 Å². The largest absolute Gasteiger partial charge is 0.344 e. The van der Waals surface area contributed by atoms with Gasteiger partial charge in [-0.3, -0.25) is 9.67 Å². The zero-order valence-corrected chi connectivity index (χ0v) is 17.8. The number of halogens is 1. The number of fused-ring (bicyclic) bond motifs is 1. The maximum absolute atomic E-state index is 6.19. The smallest absolute Gasteiger partial charge is 0.0961 e. The van der Waals surface area contributed by atoms with Crippen LogP contribution in [0.2, 0.25) is 5.02 Å². The zero-order valence-electron chi connectivity index (χ0n) is 17.0. The molecule has 31 heavy (non-hydrogen) atoms. The summed E-state index contributed by atoms with van der Waals surface area (Å²) in [5.41, 5.74) is 6.88. The third-order valence-corrected chi connectivity index (χ3v) is 5.50. The maximum atomic E-state index is 6.19. The van der Waals surface area contributed by atoms with E-state index in [1.807, 2.05) is 54.5 Å². The molecular weight excluding hydrogens is 408 g/mol. The number of benzene rings is 2. The van der Waals surface area contributed by atoms with Crippen molar-refractivity contribution in [1.29, 1.82) is 0 Å². The summed E-state index contributed by atoms with van der Waals surface area (Å²) in [6.45, 7) is 1.70. The van der Waals surface area contributed by atoms with E-state index in [0.717, 1.165) is 57.6 Å². The van der Waals surface area contributed by atoms with Crippen molar-refractivity contribution in [1.82, 2.24) is 30.0 Å². The van der Waals surface area contributed by atoms with Gasteiger partial charge >= 0.3 is 0 Å². The Morgan fingerprint density at radius 3 is 2.74 bits per heavy atom. The van der Waals surface area contributed by atoms with Crippen LogP contribution < -0.4 is 5.32 Å². The van der Waals surface area contributed by atoms with Crippen LogP contribution in [0.1, 0.15) is 0 Å². The first kappa shape index (κ1) is 19.5. The van der Waals surface area contributed by atoms with Crippen LogP contribution in [0.25, 0.3) is 44.5 Å². The van der Waals surface area contributed by atoms with Gasteiger partial charge in [0.15, 0.2) is 0 Å². The van der Waals surface area contributed by atoms with Crippen LogP contribution in [0, 0.1) is 0 Å². The van der Waals surface area contributed by atoms with Crippen molar-refractivity contribution in [2.24, 2.45) is 0 Å². The van der Waals surface area contributed by atoms with E-state index in [9.17, 15) is 0 Å². The fourth-order valence-corrected chi connectivity index (χ4v) is 3.87. The molecule has 0 unspecified atom stereocenters. The molecule has 3 aromatic heterocycles. The molecule has 5 rings (SSSR count). The summed E-state index contributed by atoms with van der Waals surface area (Å²) in [5, 5.41) is 9.33. The number of hydrogen-bond acceptors (Lipinski definition) is 4. The molecule has 0 radical (unpaired) electrons. The quantitative estimate of drug-likeness (QED) is 0.398. The number of imidazole rings is 1. The summed E-state index contributed by atoms with van der Waals surface area (Å²) in [6, 6.07) is 16.1. The number of rotatable bonds is 6. The number of pyridine rings is 1. The third-order valence-electron chi connectivity index (χ3n) is 5.26. The summed E-state index contributed by atoms with van der Waals surface area (Å²) < 4.78 is 1.94. The van der Waals surface area contributed by atoms with Crippen molar-refractivity contribution in [3.05, 3.63) is 78.5 Å². The fourth-order valence-electron chi connectivity index (χ4n) is 3.68. The zero-order chi connectivity index (χ0) is 21.2. The second kappa shape index (κ2) is 8.34. The highest BCUT2D eigenvalue weighted by Crippen LogP contribution is 2.32. The Morgan fingerprint density at radius 1 is 0.968 bits per heavy atom. The number of H-pyrrole nitrogens is 1. The third kappa shape index (κ3) is 3.95. The van der Waals surface area contributed by atoms with Gasteiger partial charge < -0.3 is 10.3 Å². The summed E-state index contributed by atoms with van der Waals surface area (Å²) in [4.78, 5) is 12.5. The molecule has 0 aliphatic rings. The molecule has 0 atom stereocenters. The number of nitrogens with zero attached hydrogens (tertiary/aromatic N) is 4. The Balaban J connectivity index is 1.52. The van der Waals surface area contributed by atoms with E-state index < -0.39 is 0 Å². The second-order valence-corrected chi connectivity index (χ2v) is 7.80. The molecular formula is C24H21ClN6. The normalized spacial score (nSPS) is 11.3. The molecule has 5 aromatic rings. The van der Waals surface area contributed by atoms with E-state index in [1.165, 1.54) is 0 Å². The molecule has 0 amide bonds. The number of nitrogens with one attached hydrogen (secondary N) is 2. The van der Waals surface area contributed by atoms with Gasteiger partial charge in [0.05, 0.1) is 36.0 Å². The van der Waals surface area contributed by atoms with E-state index in [1.54, 1.807) is 6.33 Å². The molecule has 6 nitrogen and oxygen atoms in total. The van der Waals surface area contributed by atoms with Gasteiger partial charge in [0.25, 0.3) is 0 Å². The highest BCUT2D eigenvalue weighted by molar-refractivity contribution is 6.30. The van der Waals surface area contributed by atoms with Crippen LogP contribution >= 0.6 is 11.6 Å². The summed E-state index contributed by atoms with van der Waals surface area (Å²) in [5.74, 6) is 0. The first-order chi connectivity index (χ1) is 15.2. The van der Waals surface area contributed by atoms with Gasteiger partial charge in [0.1, 0.15) is 0 Å². The van der Waals surface area contributed by atoms with Crippen molar-refractivity contribution in [3.63, 3.8) is 0 Å². The van der Waals surface area contributed by atoms with Gasteiger partial charge in [-0.15, -0.1) is 0 Å². The summed E-state index contributed by atoms with van der Waals surface area (Å²) in [6.07, 6.45) is 7.55. The molecule has 0 bridgehead atoms. The molecule has 3 heterocycles. The molecule has 2 aromatic carbocycles. The monoisotopic (exact) mass is 428 g/mol. The van der Waals surface area contributed by atoms with Gasteiger partial charge in [-0.25, -0.2) is 4.98 Å². The first-order valence-electron chi connectivity index (χ1n) is 10.1. The van der Waals surface area contributed by atoms with E-state index in [4.69, 9.17) is 11.6 Å². The molecule has 2 N–H and O–H groups in total. The number of aromatic nitrogens is 5. The molecule has 154 valence electrons. The SMILES string of the molecule is CNCCn1cc(-c2cnc3ccc(-c4[nH]cnc4-c4cccc(Cl)c4)cc3c2)cn1. The minimum Gasteiger partial charge on any atom is -0.344 e. The van der Waals surface area contributed by atoms with Crippen LogP contribution in [-0.2, 0) is 6.54 Å². The standard InChI is InChI=1S/C24H21ClN6/c1-26-7-8-31-14-20(13-30-31)19-10-18-9-17(5-6-22(18)27-12-19)24-23(28-15-29-24)16-3-2-4-21(25)11-16/h2-6,9-15,26H,7-8H2,1H3,(H,28,29). The van der Waals surface area contributed by atoms with Crippen molar-refractivity contribution in [3.8, 4) is 33.6 Å². The van der Waals surface area contributed by atoms with Crippen molar-refractivity contribution < 1.29 is 0 Å². The predicted molar refractivity (Wildman–Crippen MR) is 125 cm³/mol. The van der Waals surface area contributed by atoms with E-state index in [0.29, 0.717) is 5.02 Å². The Morgan fingerprint density at radius 2 is 1.87 bits per heavy atom. The van der Waals surface area contributed by atoms with Gasteiger partial charge in [0.2, 0.25) is 0 Å². The van der Waals surface area contributed by atoms with Crippen molar-refractivity contribution in [2.45, 2.75) is 6.54 Å². The minimum atomic E-state index is 0.689. The molecule has 0 aliphatic heterocycles. The lowest BCUT2D eigenvalue weighted by molar-refractivity contribution is 0.585. The Bertz CT molecular complexity index is 1350. The van der Waals surface area contributed by atoms with Crippen LogP contribution in [0.5, 0.6) is 0 Å². The average molecular weight is 429 g/mol. The van der Waals surface area contributed by atoms with Gasteiger partial charge in [0, 0.05) is 51.6 Å². The number of aromatic amines is 1. The number of likely N-dealkylation sites (N-methyl/N-ethyl adjacent to an activating group) is 1. The topological polar surface area (TPSA) is 71.4 Å². The summed E-state index contributed by atoms with van der Waals surface area (Å²) >= 11 is 6.19. The fraction of sp³-hybridized carbons (Fsp3) is 0.125. The molecule has 0 saturated carbocycles. The predicted octanol–water partition coefficient (Wildman–Crippen LogP) is 5.03. The molecule has 7 heteroatoms. The first-order valence-corrected chi connectivity index (χ1v) is 10.5.